The van der Waals surface area contributed by atoms with E-state index in [0.717, 1.165) is 61.1 Å². The normalized spacial score (nSPS) is 13.5. The van der Waals surface area contributed by atoms with Gasteiger partial charge < -0.3 is 4.48 Å². The van der Waals surface area contributed by atoms with Crippen molar-refractivity contribution in [1.82, 2.24) is 0 Å². The highest BCUT2D eigenvalue weighted by Gasteiger charge is 2.30. The Kier molecular flexibility index (Phi) is 9.55. The third-order valence-electron chi connectivity index (χ3n) is 5.12. The molecule has 1 N–H and O–H groups in total. The highest BCUT2D eigenvalue weighted by molar-refractivity contribution is 7.86. The molecule has 1 aromatic rings. The molecule has 0 radical (unpaired) electrons. The van der Waals surface area contributed by atoms with Crippen LogP contribution in [0.2, 0.25) is 0 Å². The van der Waals surface area contributed by atoms with Gasteiger partial charge in [0, 0.05) is 6.42 Å². The molecule has 0 spiro atoms. The zero-order valence-corrected chi connectivity index (χ0v) is 17.5. The minimum Gasteiger partial charge on any atom is -0.324 e. The standard InChI is InChI=1S/C21H35NO3S/c1-5-14-22(15-6-2,16-7-3)17-13-21(26(23,24)25)18-20-11-9-19(8-4)10-12-20/h8-12,21H,4-7,13-18H2,1-3H3/p+1. The van der Waals surface area contributed by atoms with Crippen LogP contribution in [0.15, 0.2) is 30.8 Å². The summed E-state index contributed by atoms with van der Waals surface area (Å²) < 4.78 is 34.7. The fraction of sp³-hybridized carbons (Fsp3) is 0.619. The van der Waals surface area contributed by atoms with Crippen molar-refractivity contribution < 1.29 is 17.5 Å². The SMILES string of the molecule is C=Cc1ccc(CC(CC[N+](CCC)(CCC)CCC)S(=O)(=O)O)cc1. The predicted octanol–water partition coefficient (Wildman–Crippen LogP) is 4.57. The van der Waals surface area contributed by atoms with Gasteiger partial charge in [-0.25, -0.2) is 0 Å². The zero-order chi connectivity index (χ0) is 19.6. The molecular formula is C21H36NO3S+. The van der Waals surface area contributed by atoms with Crippen LogP contribution in [0.4, 0.5) is 0 Å². The van der Waals surface area contributed by atoms with Gasteiger partial charge in [0.1, 0.15) is 0 Å². The second kappa shape index (κ2) is 10.9. The Balaban J connectivity index is 2.93. The van der Waals surface area contributed by atoms with E-state index >= 15 is 0 Å². The van der Waals surface area contributed by atoms with Crippen LogP contribution in [-0.4, -0.2) is 48.9 Å². The van der Waals surface area contributed by atoms with Crippen LogP contribution >= 0.6 is 0 Å². The van der Waals surface area contributed by atoms with Gasteiger partial charge in [-0.2, -0.15) is 8.42 Å². The van der Waals surface area contributed by atoms with Crippen LogP contribution in [0.25, 0.3) is 6.08 Å². The Morgan fingerprint density at radius 3 is 1.88 bits per heavy atom. The highest BCUT2D eigenvalue weighted by Crippen LogP contribution is 2.19. The van der Waals surface area contributed by atoms with Gasteiger partial charge in [-0.05, 0) is 36.8 Å². The molecular weight excluding hydrogens is 346 g/mol. The zero-order valence-electron chi connectivity index (χ0n) is 16.7. The quantitative estimate of drug-likeness (QED) is 0.402. The lowest BCUT2D eigenvalue weighted by Gasteiger charge is -2.39. The van der Waals surface area contributed by atoms with Crippen LogP contribution < -0.4 is 0 Å². The molecule has 0 aliphatic heterocycles. The predicted molar refractivity (Wildman–Crippen MR) is 111 cm³/mol. The average Bonchev–Trinajstić information content (AvgIpc) is 2.59. The van der Waals surface area contributed by atoms with Gasteiger partial charge in [0.15, 0.2) is 0 Å². The van der Waals surface area contributed by atoms with Crippen LogP contribution in [0, 0.1) is 0 Å². The third kappa shape index (κ3) is 7.22. The Morgan fingerprint density at radius 2 is 1.50 bits per heavy atom. The van der Waals surface area contributed by atoms with E-state index in [-0.39, 0.29) is 0 Å². The van der Waals surface area contributed by atoms with Gasteiger partial charge in [-0.15, -0.1) is 0 Å². The first-order chi connectivity index (χ1) is 12.3. The smallest absolute Gasteiger partial charge is 0.268 e. The van der Waals surface area contributed by atoms with E-state index < -0.39 is 15.4 Å². The molecule has 1 atom stereocenters. The second-order valence-electron chi connectivity index (χ2n) is 7.31. The number of hydrogen-bond donors (Lipinski definition) is 1. The fourth-order valence-corrected chi connectivity index (χ4v) is 4.73. The first-order valence-corrected chi connectivity index (χ1v) is 11.3. The van der Waals surface area contributed by atoms with E-state index in [1.165, 1.54) is 0 Å². The van der Waals surface area contributed by atoms with Crippen LogP contribution in [-0.2, 0) is 16.5 Å². The maximum Gasteiger partial charge on any atom is 0.268 e. The van der Waals surface area contributed by atoms with Crippen molar-refractivity contribution in [1.29, 1.82) is 0 Å². The van der Waals surface area contributed by atoms with E-state index in [0.29, 0.717) is 12.8 Å². The molecule has 1 aromatic carbocycles. The molecule has 0 heterocycles. The minimum atomic E-state index is -4.08. The lowest BCUT2D eigenvalue weighted by molar-refractivity contribution is -0.928. The Hall–Kier alpha value is -1.17. The largest absolute Gasteiger partial charge is 0.324 e. The monoisotopic (exact) mass is 382 g/mol. The summed E-state index contributed by atoms with van der Waals surface area (Å²) in [6.45, 7) is 14.3. The molecule has 1 rings (SSSR count). The van der Waals surface area contributed by atoms with Crippen LogP contribution in [0.3, 0.4) is 0 Å². The van der Waals surface area contributed by atoms with Crippen LogP contribution in [0.1, 0.15) is 57.6 Å². The van der Waals surface area contributed by atoms with Gasteiger partial charge in [0.05, 0.1) is 31.4 Å². The Bertz CT molecular complexity index is 621. The Morgan fingerprint density at radius 1 is 1.00 bits per heavy atom. The van der Waals surface area contributed by atoms with Gasteiger partial charge in [0.2, 0.25) is 0 Å². The topological polar surface area (TPSA) is 54.4 Å². The van der Waals surface area contributed by atoms with Crippen LogP contribution in [0.5, 0.6) is 0 Å². The van der Waals surface area contributed by atoms with Crippen molar-refractivity contribution in [2.75, 3.05) is 26.2 Å². The lowest BCUT2D eigenvalue weighted by Crippen LogP contribution is -2.51. The molecule has 0 bridgehead atoms. The number of benzene rings is 1. The molecule has 0 fully saturated rings. The summed E-state index contributed by atoms with van der Waals surface area (Å²) in [5.41, 5.74) is 1.93. The van der Waals surface area contributed by atoms with Gasteiger partial charge in [-0.1, -0.05) is 57.7 Å². The molecule has 0 aliphatic rings. The summed E-state index contributed by atoms with van der Waals surface area (Å²) in [6, 6.07) is 7.69. The highest BCUT2D eigenvalue weighted by atomic mass is 32.2. The summed E-state index contributed by atoms with van der Waals surface area (Å²) in [5.74, 6) is 0. The molecule has 0 saturated carbocycles. The van der Waals surface area contributed by atoms with Crippen molar-refractivity contribution in [2.45, 2.75) is 58.1 Å². The molecule has 148 valence electrons. The summed E-state index contributed by atoms with van der Waals surface area (Å²) in [7, 11) is -4.08. The van der Waals surface area contributed by atoms with E-state index in [1.807, 2.05) is 24.3 Å². The molecule has 26 heavy (non-hydrogen) atoms. The maximum atomic E-state index is 12.0. The summed E-state index contributed by atoms with van der Waals surface area (Å²) >= 11 is 0. The number of nitrogens with zero attached hydrogens (tertiary/aromatic N) is 1. The molecule has 0 saturated heterocycles. The van der Waals surface area contributed by atoms with Crippen molar-refractivity contribution in [3.8, 4) is 0 Å². The summed E-state index contributed by atoms with van der Waals surface area (Å²) in [5, 5.41) is -0.750. The van der Waals surface area contributed by atoms with Crippen molar-refractivity contribution in [3.05, 3.63) is 42.0 Å². The molecule has 5 heteroatoms. The molecule has 4 nitrogen and oxygen atoms in total. The molecule has 0 aromatic heterocycles. The molecule has 0 amide bonds. The van der Waals surface area contributed by atoms with Gasteiger partial charge in [-0.3, -0.25) is 4.55 Å². The third-order valence-corrected chi connectivity index (χ3v) is 6.36. The van der Waals surface area contributed by atoms with Crippen molar-refractivity contribution >= 4 is 16.2 Å². The van der Waals surface area contributed by atoms with Crippen molar-refractivity contribution in [3.63, 3.8) is 0 Å². The van der Waals surface area contributed by atoms with E-state index in [2.05, 4.69) is 27.4 Å². The summed E-state index contributed by atoms with van der Waals surface area (Å²) in [4.78, 5) is 0. The fourth-order valence-electron chi connectivity index (χ4n) is 3.92. The molecule has 1 unspecified atom stereocenters. The average molecular weight is 383 g/mol. The number of hydrogen-bond acceptors (Lipinski definition) is 2. The molecule has 0 aliphatic carbocycles. The number of quaternary nitrogens is 1. The lowest BCUT2D eigenvalue weighted by atomic mass is 10.0. The first-order valence-electron chi connectivity index (χ1n) is 9.83. The second-order valence-corrected chi connectivity index (χ2v) is 9.01. The number of rotatable bonds is 13. The first kappa shape index (κ1) is 22.9. The van der Waals surface area contributed by atoms with E-state index in [1.54, 1.807) is 6.08 Å². The van der Waals surface area contributed by atoms with Crippen molar-refractivity contribution in [2.24, 2.45) is 0 Å². The van der Waals surface area contributed by atoms with Gasteiger partial charge >= 0.3 is 0 Å². The summed E-state index contributed by atoms with van der Waals surface area (Å²) in [6.07, 6.45) is 5.84. The van der Waals surface area contributed by atoms with E-state index in [4.69, 9.17) is 0 Å². The van der Waals surface area contributed by atoms with E-state index in [9.17, 15) is 13.0 Å². The minimum absolute atomic E-state index is 0.348. The Labute approximate surface area is 160 Å². The van der Waals surface area contributed by atoms with Gasteiger partial charge in [0.25, 0.3) is 10.1 Å². The maximum absolute atomic E-state index is 12.0.